The van der Waals surface area contributed by atoms with E-state index in [0.29, 0.717) is 12.1 Å². The Balaban J connectivity index is 2.01. The monoisotopic (exact) mass is 344 g/mol. The van der Waals surface area contributed by atoms with Crippen molar-refractivity contribution in [2.75, 3.05) is 5.32 Å². The average Bonchev–Trinajstić information content (AvgIpc) is 2.92. The second-order valence-electron chi connectivity index (χ2n) is 6.82. The smallest absolute Gasteiger partial charge is 0.319 e. The molecule has 2 aromatic rings. The van der Waals surface area contributed by atoms with Gasteiger partial charge in [-0.25, -0.2) is 9.48 Å². The Hall–Kier alpha value is -2.83. The van der Waals surface area contributed by atoms with Gasteiger partial charge in [0.25, 0.3) is 0 Å². The number of carbonyl (C=O) groups is 2. The number of carboxylic acids is 1. The maximum absolute atomic E-state index is 12.1. The van der Waals surface area contributed by atoms with Gasteiger partial charge >= 0.3 is 12.0 Å². The minimum atomic E-state index is -0.884. The van der Waals surface area contributed by atoms with Crippen molar-refractivity contribution >= 4 is 17.7 Å². The zero-order valence-electron chi connectivity index (χ0n) is 15.0. The van der Waals surface area contributed by atoms with Gasteiger partial charge in [-0.2, -0.15) is 5.10 Å². The molecule has 0 radical (unpaired) electrons. The number of carbonyl (C=O) groups excluding carboxylic acids is 1. The molecule has 1 heterocycles. The summed E-state index contributed by atoms with van der Waals surface area (Å²) in [6.07, 6.45) is 3.65. The van der Waals surface area contributed by atoms with Gasteiger partial charge in [-0.1, -0.05) is 17.7 Å². The molecule has 134 valence electrons. The van der Waals surface area contributed by atoms with E-state index in [0.717, 1.165) is 11.3 Å². The van der Waals surface area contributed by atoms with E-state index in [1.807, 2.05) is 26.0 Å². The molecule has 0 bridgehead atoms. The largest absolute Gasteiger partial charge is 0.481 e. The van der Waals surface area contributed by atoms with Crippen molar-refractivity contribution in [2.45, 2.75) is 46.1 Å². The van der Waals surface area contributed by atoms with E-state index in [4.69, 9.17) is 5.11 Å². The Bertz CT molecular complexity index is 780. The van der Waals surface area contributed by atoms with Crippen LogP contribution in [-0.4, -0.2) is 32.4 Å². The topological polar surface area (TPSA) is 96.2 Å². The summed E-state index contributed by atoms with van der Waals surface area (Å²) in [4.78, 5) is 22.8. The summed E-state index contributed by atoms with van der Waals surface area (Å²) >= 11 is 0. The maximum atomic E-state index is 12.1. The number of nitrogens with zero attached hydrogens (tertiary/aromatic N) is 2. The third kappa shape index (κ3) is 5.34. The summed E-state index contributed by atoms with van der Waals surface area (Å²) in [5.74, 6) is -0.884. The predicted octanol–water partition coefficient (Wildman–Crippen LogP) is 3.25. The van der Waals surface area contributed by atoms with Crippen LogP contribution < -0.4 is 10.6 Å². The molecule has 2 rings (SSSR count). The molecule has 0 aliphatic rings. The number of rotatable bonds is 6. The number of amides is 2. The first-order chi connectivity index (χ1) is 11.7. The summed E-state index contributed by atoms with van der Waals surface area (Å²) in [6.45, 7) is 7.61. The van der Waals surface area contributed by atoms with Crippen molar-refractivity contribution in [3.8, 4) is 5.69 Å². The molecule has 0 fully saturated rings. The lowest BCUT2D eigenvalue weighted by Crippen LogP contribution is -2.45. The van der Waals surface area contributed by atoms with E-state index in [1.165, 1.54) is 5.56 Å². The molecule has 25 heavy (non-hydrogen) atoms. The molecule has 3 N–H and O–H groups in total. The summed E-state index contributed by atoms with van der Waals surface area (Å²) in [5, 5.41) is 18.5. The molecule has 2 amide bonds. The second-order valence-corrected chi connectivity index (χ2v) is 6.82. The summed E-state index contributed by atoms with van der Waals surface area (Å²) in [5.41, 5.74) is 3.16. The van der Waals surface area contributed by atoms with E-state index >= 15 is 0 Å². The van der Waals surface area contributed by atoms with Crippen LogP contribution in [0.25, 0.3) is 5.69 Å². The van der Waals surface area contributed by atoms with Crippen LogP contribution in [0, 0.1) is 13.8 Å². The van der Waals surface area contributed by atoms with Crippen LogP contribution in [0.4, 0.5) is 10.5 Å². The molecule has 1 aromatic heterocycles. The Morgan fingerprint density at radius 1 is 1.28 bits per heavy atom. The first-order valence-corrected chi connectivity index (χ1v) is 8.09. The lowest BCUT2D eigenvalue weighted by atomic mass is 9.99. The zero-order chi connectivity index (χ0) is 18.6. The van der Waals surface area contributed by atoms with E-state index in [9.17, 15) is 9.59 Å². The molecule has 0 unspecified atom stereocenters. The third-order valence-electron chi connectivity index (χ3n) is 3.86. The standard InChI is InChI=1S/C18H24N4O3/c1-12-5-6-15(13(2)9-12)22-11-14(10-19-22)20-17(25)21-18(3,4)8-7-16(23)24/h5-6,9-11H,7-8H2,1-4H3,(H,23,24)(H2,20,21,25). The van der Waals surface area contributed by atoms with Crippen LogP contribution in [0.3, 0.4) is 0 Å². The molecule has 0 saturated heterocycles. The zero-order valence-corrected chi connectivity index (χ0v) is 15.0. The van der Waals surface area contributed by atoms with Crippen molar-refractivity contribution < 1.29 is 14.7 Å². The number of hydrogen-bond acceptors (Lipinski definition) is 3. The van der Waals surface area contributed by atoms with Crippen molar-refractivity contribution in [2.24, 2.45) is 0 Å². The third-order valence-corrected chi connectivity index (χ3v) is 3.86. The van der Waals surface area contributed by atoms with Crippen LogP contribution >= 0.6 is 0 Å². The minimum absolute atomic E-state index is 0.00207. The average molecular weight is 344 g/mol. The van der Waals surface area contributed by atoms with Gasteiger partial charge in [0.2, 0.25) is 0 Å². The van der Waals surface area contributed by atoms with Crippen LogP contribution in [-0.2, 0) is 4.79 Å². The lowest BCUT2D eigenvalue weighted by Gasteiger charge is -2.25. The maximum Gasteiger partial charge on any atom is 0.319 e. The normalized spacial score (nSPS) is 11.2. The van der Waals surface area contributed by atoms with Crippen LogP contribution in [0.1, 0.15) is 37.8 Å². The molecule has 0 saturated carbocycles. The van der Waals surface area contributed by atoms with E-state index in [2.05, 4.69) is 21.8 Å². The van der Waals surface area contributed by atoms with Crippen molar-refractivity contribution in [1.29, 1.82) is 0 Å². The number of nitrogens with one attached hydrogen (secondary N) is 2. The van der Waals surface area contributed by atoms with Gasteiger partial charge in [0.1, 0.15) is 0 Å². The van der Waals surface area contributed by atoms with E-state index in [1.54, 1.807) is 30.9 Å². The van der Waals surface area contributed by atoms with Crippen molar-refractivity contribution in [3.05, 3.63) is 41.7 Å². The Morgan fingerprint density at radius 3 is 2.64 bits per heavy atom. The van der Waals surface area contributed by atoms with Gasteiger partial charge in [-0.3, -0.25) is 4.79 Å². The number of anilines is 1. The van der Waals surface area contributed by atoms with Crippen LogP contribution in [0.5, 0.6) is 0 Å². The molecule has 0 spiro atoms. The number of carboxylic acid groups (broad SMARTS) is 1. The number of urea groups is 1. The van der Waals surface area contributed by atoms with Gasteiger partial charge in [0.05, 0.1) is 23.8 Å². The molecular weight excluding hydrogens is 320 g/mol. The van der Waals surface area contributed by atoms with E-state index < -0.39 is 17.5 Å². The Kier molecular flexibility index (Phi) is 5.46. The molecule has 7 heteroatoms. The highest BCUT2D eigenvalue weighted by atomic mass is 16.4. The number of aliphatic carboxylic acids is 1. The molecule has 0 atom stereocenters. The van der Waals surface area contributed by atoms with Gasteiger partial charge in [-0.05, 0) is 45.7 Å². The first kappa shape index (κ1) is 18.5. The number of aryl methyl sites for hydroxylation is 2. The number of hydrogen-bond donors (Lipinski definition) is 3. The first-order valence-electron chi connectivity index (χ1n) is 8.09. The van der Waals surface area contributed by atoms with E-state index in [-0.39, 0.29) is 6.42 Å². The van der Waals surface area contributed by atoms with Crippen molar-refractivity contribution in [3.63, 3.8) is 0 Å². The molecule has 7 nitrogen and oxygen atoms in total. The Labute approximate surface area is 147 Å². The minimum Gasteiger partial charge on any atom is -0.481 e. The van der Waals surface area contributed by atoms with Crippen molar-refractivity contribution in [1.82, 2.24) is 15.1 Å². The Morgan fingerprint density at radius 2 is 2.00 bits per heavy atom. The summed E-state index contributed by atoms with van der Waals surface area (Å²) < 4.78 is 1.71. The fourth-order valence-corrected chi connectivity index (χ4v) is 2.53. The lowest BCUT2D eigenvalue weighted by molar-refractivity contribution is -0.137. The van der Waals surface area contributed by atoms with Gasteiger partial charge in [-0.15, -0.1) is 0 Å². The highest BCUT2D eigenvalue weighted by Crippen LogP contribution is 2.17. The predicted molar refractivity (Wildman–Crippen MR) is 96.1 cm³/mol. The van der Waals surface area contributed by atoms with Crippen LogP contribution in [0.15, 0.2) is 30.6 Å². The second kappa shape index (κ2) is 7.38. The fraction of sp³-hybridized carbons (Fsp3) is 0.389. The molecular formula is C18H24N4O3. The number of benzene rings is 1. The van der Waals surface area contributed by atoms with Gasteiger partial charge in [0.15, 0.2) is 0 Å². The van der Waals surface area contributed by atoms with Gasteiger partial charge < -0.3 is 15.7 Å². The summed E-state index contributed by atoms with van der Waals surface area (Å²) in [6, 6.07) is 5.67. The molecule has 0 aliphatic carbocycles. The highest BCUT2D eigenvalue weighted by Gasteiger charge is 2.21. The quantitative estimate of drug-likeness (QED) is 0.749. The molecule has 1 aromatic carbocycles. The van der Waals surface area contributed by atoms with Gasteiger partial charge in [0, 0.05) is 12.0 Å². The number of aromatic nitrogens is 2. The SMILES string of the molecule is Cc1ccc(-n2cc(NC(=O)NC(C)(C)CCC(=O)O)cn2)c(C)c1. The molecule has 0 aliphatic heterocycles. The van der Waals surface area contributed by atoms with Crippen LogP contribution in [0.2, 0.25) is 0 Å². The summed E-state index contributed by atoms with van der Waals surface area (Å²) in [7, 11) is 0. The fourth-order valence-electron chi connectivity index (χ4n) is 2.53. The highest BCUT2D eigenvalue weighted by molar-refractivity contribution is 5.89.